The molecule has 0 spiro atoms. The van der Waals surface area contributed by atoms with Crippen LogP contribution in [0.2, 0.25) is 0 Å². The van der Waals surface area contributed by atoms with Gasteiger partial charge in [-0.2, -0.15) is 8.42 Å². The van der Waals surface area contributed by atoms with E-state index in [1.54, 1.807) is 6.92 Å². The lowest BCUT2D eigenvalue weighted by Gasteiger charge is -2.16. The van der Waals surface area contributed by atoms with Crippen molar-refractivity contribution >= 4 is 41.2 Å². The maximum Gasteiger partial charge on any atom is 0.341 e. The van der Waals surface area contributed by atoms with Crippen molar-refractivity contribution < 1.29 is 36.3 Å². The van der Waals surface area contributed by atoms with E-state index in [4.69, 9.17) is 4.74 Å². The number of benzene rings is 2. The van der Waals surface area contributed by atoms with Crippen molar-refractivity contribution in [2.75, 3.05) is 16.6 Å². The zero-order valence-corrected chi connectivity index (χ0v) is 18.6. The first-order valence-corrected chi connectivity index (χ1v) is 12.6. The van der Waals surface area contributed by atoms with Gasteiger partial charge in [0.1, 0.15) is 11.3 Å². The number of hydrogen-bond acceptors (Lipinski definition) is 8. The number of ether oxygens (including phenoxy) is 1. The maximum atomic E-state index is 12.7. The molecule has 31 heavy (non-hydrogen) atoms. The molecule has 0 bridgehead atoms. The van der Waals surface area contributed by atoms with E-state index in [-0.39, 0.29) is 29.3 Å². The second kappa shape index (κ2) is 9.35. The van der Waals surface area contributed by atoms with Gasteiger partial charge in [-0.25, -0.2) is 13.2 Å². The summed E-state index contributed by atoms with van der Waals surface area (Å²) in [5.41, 5.74) is 0.182. The zero-order chi connectivity index (χ0) is 23.4. The van der Waals surface area contributed by atoms with Crippen LogP contribution >= 0.6 is 0 Å². The topological polar surface area (TPSA) is 156 Å². The van der Waals surface area contributed by atoms with E-state index >= 15 is 0 Å². The van der Waals surface area contributed by atoms with Crippen LogP contribution in [0.25, 0.3) is 0 Å². The van der Waals surface area contributed by atoms with Crippen LogP contribution in [-0.4, -0.2) is 40.4 Å². The van der Waals surface area contributed by atoms with Gasteiger partial charge in [-0.05, 0) is 43.7 Å². The maximum absolute atomic E-state index is 12.7. The molecule has 168 valence electrons. The Balaban J connectivity index is 2.26. The number of esters is 1. The number of aromatic hydroxyl groups is 1. The summed E-state index contributed by atoms with van der Waals surface area (Å²) in [6.45, 7) is 4.19. The molecule has 0 radical (unpaired) electrons. The Kier molecular flexibility index (Phi) is 7.28. The van der Waals surface area contributed by atoms with E-state index in [1.165, 1.54) is 38.1 Å². The molecule has 0 aliphatic heterocycles. The summed E-state index contributed by atoms with van der Waals surface area (Å²) >= 11 is 0. The van der Waals surface area contributed by atoms with Crippen molar-refractivity contribution in [2.45, 2.75) is 26.0 Å². The molecule has 1 atom stereocenters. The summed E-state index contributed by atoms with van der Waals surface area (Å²) in [4.78, 5) is 22.8. The number of phenolic OH excluding ortho intramolecular Hbond substituents is 1. The van der Waals surface area contributed by atoms with Crippen LogP contribution in [0, 0.1) is 0 Å². The molecule has 0 fully saturated rings. The quantitative estimate of drug-likeness (QED) is 0.392. The molecule has 2 aromatic carbocycles. The van der Waals surface area contributed by atoms with Crippen LogP contribution in [0.1, 0.15) is 41.9 Å². The monoisotopic (exact) mass is 470 g/mol. The molecular weight excluding hydrogens is 448 g/mol. The highest BCUT2D eigenvalue weighted by molar-refractivity contribution is 8.67. The van der Waals surface area contributed by atoms with Crippen LogP contribution < -0.4 is 10.0 Å². The molecule has 0 heterocycles. The van der Waals surface area contributed by atoms with Crippen molar-refractivity contribution in [3.8, 4) is 5.75 Å². The van der Waals surface area contributed by atoms with Crippen LogP contribution in [0.4, 0.5) is 11.4 Å². The standard InChI is InChI=1S/C19H22N2O8S2/c1-4-29-19(24)17-10-9-16(11-18(17)23)21-31(27,28)30(25,26)12(2)14-5-7-15(8-6-14)20-13(3)22/h5-12,21,23H,4H2,1-3H3,(H,20,22). The molecule has 0 aromatic heterocycles. The number of nitrogens with one attached hydrogen (secondary N) is 2. The molecule has 1 unspecified atom stereocenters. The van der Waals surface area contributed by atoms with E-state index < -0.39 is 34.9 Å². The fraction of sp³-hybridized carbons (Fsp3) is 0.263. The van der Waals surface area contributed by atoms with Gasteiger partial charge in [0.25, 0.3) is 8.87 Å². The number of carbonyl (C=O) groups is 2. The van der Waals surface area contributed by atoms with E-state index in [0.29, 0.717) is 5.69 Å². The summed E-state index contributed by atoms with van der Waals surface area (Å²) in [6.07, 6.45) is 0. The van der Waals surface area contributed by atoms with Crippen LogP contribution in [0.15, 0.2) is 42.5 Å². The summed E-state index contributed by atoms with van der Waals surface area (Å²) in [6, 6.07) is 8.84. The van der Waals surface area contributed by atoms with Gasteiger partial charge >= 0.3 is 15.0 Å². The smallest absolute Gasteiger partial charge is 0.341 e. The van der Waals surface area contributed by atoms with Gasteiger partial charge in [-0.15, -0.1) is 0 Å². The van der Waals surface area contributed by atoms with Crippen molar-refractivity contribution in [3.63, 3.8) is 0 Å². The predicted octanol–water partition coefficient (Wildman–Crippen LogP) is 2.36. The molecule has 0 saturated carbocycles. The van der Waals surface area contributed by atoms with Gasteiger partial charge in [-0.3, -0.25) is 9.52 Å². The van der Waals surface area contributed by atoms with E-state index in [2.05, 4.69) is 5.32 Å². The lowest BCUT2D eigenvalue weighted by Crippen LogP contribution is -2.27. The van der Waals surface area contributed by atoms with Crippen LogP contribution in [0.3, 0.4) is 0 Å². The minimum atomic E-state index is -4.92. The van der Waals surface area contributed by atoms with Crippen molar-refractivity contribution in [1.82, 2.24) is 0 Å². The Morgan fingerprint density at radius 2 is 1.61 bits per heavy atom. The third kappa shape index (κ3) is 5.52. The number of phenols is 1. The average molecular weight is 471 g/mol. The lowest BCUT2D eigenvalue weighted by atomic mass is 10.1. The number of carbonyl (C=O) groups excluding carboxylic acids is 2. The molecule has 3 N–H and O–H groups in total. The molecule has 0 aliphatic rings. The second-order valence-electron chi connectivity index (χ2n) is 6.45. The van der Waals surface area contributed by atoms with Gasteiger partial charge < -0.3 is 15.2 Å². The Bertz CT molecular complexity index is 1190. The molecular formula is C19H22N2O8S2. The highest BCUT2D eigenvalue weighted by Crippen LogP contribution is 2.30. The van der Waals surface area contributed by atoms with Crippen molar-refractivity contribution in [1.29, 1.82) is 0 Å². The lowest BCUT2D eigenvalue weighted by molar-refractivity contribution is -0.114. The predicted molar refractivity (Wildman–Crippen MR) is 115 cm³/mol. The molecule has 12 heteroatoms. The minimum absolute atomic E-state index is 0.0780. The van der Waals surface area contributed by atoms with Crippen molar-refractivity contribution in [3.05, 3.63) is 53.6 Å². The third-order valence-corrected chi connectivity index (χ3v) is 9.36. The average Bonchev–Trinajstić information content (AvgIpc) is 2.67. The molecule has 2 aromatic rings. The molecule has 0 saturated heterocycles. The van der Waals surface area contributed by atoms with Gasteiger partial charge in [0, 0.05) is 18.7 Å². The first-order chi connectivity index (χ1) is 14.4. The van der Waals surface area contributed by atoms with Crippen LogP contribution in [-0.2, 0) is 27.5 Å². The Labute approximate surface area is 179 Å². The van der Waals surface area contributed by atoms with Crippen molar-refractivity contribution in [2.24, 2.45) is 0 Å². The highest BCUT2D eigenvalue weighted by Gasteiger charge is 2.37. The first kappa shape index (κ1) is 24.2. The second-order valence-corrected chi connectivity index (χ2v) is 12.0. The van der Waals surface area contributed by atoms with Gasteiger partial charge in [0.05, 0.1) is 17.5 Å². The minimum Gasteiger partial charge on any atom is -0.507 e. The fourth-order valence-electron chi connectivity index (χ4n) is 2.58. The molecule has 2 rings (SSSR count). The summed E-state index contributed by atoms with van der Waals surface area (Å²) in [5, 5.41) is 11.0. The summed E-state index contributed by atoms with van der Waals surface area (Å²) < 4.78 is 57.2. The number of amides is 1. The molecule has 1 amide bonds. The Morgan fingerprint density at radius 3 is 2.13 bits per heavy atom. The normalized spacial score (nSPS) is 12.6. The van der Waals surface area contributed by atoms with E-state index in [0.717, 1.165) is 18.2 Å². The molecule has 0 aliphatic carbocycles. The van der Waals surface area contributed by atoms with Gasteiger partial charge in [-0.1, -0.05) is 12.1 Å². The van der Waals surface area contributed by atoms with Gasteiger partial charge in [0.15, 0.2) is 0 Å². The summed E-state index contributed by atoms with van der Waals surface area (Å²) in [7, 11) is -9.70. The van der Waals surface area contributed by atoms with E-state index in [1.807, 2.05) is 4.72 Å². The molecule has 10 nitrogen and oxygen atoms in total. The number of rotatable bonds is 8. The number of anilines is 2. The first-order valence-electron chi connectivity index (χ1n) is 9.03. The van der Waals surface area contributed by atoms with Gasteiger partial charge in [0.2, 0.25) is 5.91 Å². The largest absolute Gasteiger partial charge is 0.507 e. The SMILES string of the molecule is CCOC(=O)c1ccc(NS(=O)(=O)S(=O)(=O)C(C)c2ccc(NC(C)=O)cc2)cc1O. The van der Waals surface area contributed by atoms with E-state index in [9.17, 15) is 31.5 Å². The number of hydrogen-bond donors (Lipinski definition) is 3. The fourth-order valence-corrected chi connectivity index (χ4v) is 6.09. The Morgan fingerprint density at radius 1 is 1.03 bits per heavy atom. The Hall–Kier alpha value is -3.12. The zero-order valence-electron chi connectivity index (χ0n) is 16.9. The third-order valence-electron chi connectivity index (χ3n) is 4.18. The highest BCUT2D eigenvalue weighted by atomic mass is 33.2. The summed E-state index contributed by atoms with van der Waals surface area (Å²) in [5.74, 6) is -1.69. The van der Waals surface area contributed by atoms with Crippen LogP contribution in [0.5, 0.6) is 5.75 Å².